The number of carbonyl (C=O) groups is 2. The molecule has 0 saturated carbocycles. The number of benzene rings is 4. The molecule has 0 aliphatic carbocycles. The zero-order chi connectivity index (χ0) is 26.0. The van der Waals surface area contributed by atoms with E-state index < -0.39 is 12.2 Å². The van der Waals surface area contributed by atoms with Crippen LogP contribution in [0.15, 0.2) is 109 Å². The molecule has 0 saturated heterocycles. The van der Waals surface area contributed by atoms with Crippen LogP contribution in [0.2, 0.25) is 0 Å². The summed E-state index contributed by atoms with van der Waals surface area (Å²) in [4.78, 5) is 27.1. The highest BCUT2D eigenvalue weighted by Crippen LogP contribution is 2.25. The van der Waals surface area contributed by atoms with Gasteiger partial charge in [0, 0.05) is 17.5 Å². The van der Waals surface area contributed by atoms with Gasteiger partial charge in [-0.3, -0.25) is 9.59 Å². The summed E-state index contributed by atoms with van der Waals surface area (Å²) in [5.41, 5.74) is 0.965. The molecule has 0 radical (unpaired) electrons. The molecule has 37 heavy (non-hydrogen) atoms. The van der Waals surface area contributed by atoms with Crippen LogP contribution in [0.5, 0.6) is 23.0 Å². The van der Waals surface area contributed by atoms with E-state index in [9.17, 15) is 9.59 Å². The van der Waals surface area contributed by atoms with Crippen molar-refractivity contribution in [2.45, 2.75) is 18.6 Å². The third-order valence-electron chi connectivity index (χ3n) is 5.81. The monoisotopic (exact) mass is 496 g/mol. The van der Waals surface area contributed by atoms with Crippen molar-refractivity contribution in [2.75, 3.05) is 14.2 Å². The second-order valence-corrected chi connectivity index (χ2v) is 8.26. The summed E-state index contributed by atoms with van der Waals surface area (Å²) in [6, 6.07) is 31.6. The largest absolute Gasteiger partial charge is 0.497 e. The Bertz CT molecular complexity index is 1180. The fraction of sp³-hybridized carbons (Fsp3) is 0.161. The normalized spacial score (nSPS) is 12.2. The van der Waals surface area contributed by atoms with Crippen LogP contribution >= 0.6 is 0 Å². The minimum Gasteiger partial charge on any atom is -0.497 e. The molecule has 0 aromatic heterocycles. The van der Waals surface area contributed by atoms with Crippen LogP contribution in [0.25, 0.3) is 0 Å². The highest BCUT2D eigenvalue weighted by molar-refractivity contribution is 6.02. The number of ether oxygens (including phenoxy) is 4. The Morgan fingerprint density at radius 2 is 0.838 bits per heavy atom. The first-order chi connectivity index (χ1) is 18.1. The maximum atomic E-state index is 13.6. The predicted octanol–water partition coefficient (Wildman–Crippen LogP) is 6.05. The SMILES string of the molecule is COc1ccc(O[C@@H](C[C@@H](Oc2ccc(OC)cc2)C(=O)c2ccccc2)C(=O)c2ccccc2)cc1. The van der Waals surface area contributed by atoms with Gasteiger partial charge in [-0.05, 0) is 48.5 Å². The van der Waals surface area contributed by atoms with Gasteiger partial charge in [0.05, 0.1) is 14.2 Å². The molecule has 4 aromatic carbocycles. The van der Waals surface area contributed by atoms with Gasteiger partial charge < -0.3 is 18.9 Å². The standard InChI is InChI=1S/C31H28O6/c1-34-24-13-17-26(18-14-24)36-28(30(32)22-9-5-3-6-10-22)21-29(31(33)23-11-7-4-8-12-23)37-27-19-15-25(35-2)16-20-27/h3-20,28-29H,21H2,1-2H3/t28-,29+. The molecular weight excluding hydrogens is 468 g/mol. The zero-order valence-corrected chi connectivity index (χ0v) is 20.7. The molecule has 0 fully saturated rings. The molecule has 6 heteroatoms. The van der Waals surface area contributed by atoms with Crippen LogP contribution < -0.4 is 18.9 Å². The lowest BCUT2D eigenvalue weighted by atomic mass is 9.96. The van der Waals surface area contributed by atoms with Gasteiger partial charge in [-0.25, -0.2) is 0 Å². The number of carbonyl (C=O) groups excluding carboxylic acids is 2. The average Bonchev–Trinajstić information content (AvgIpc) is 2.97. The lowest BCUT2D eigenvalue weighted by Gasteiger charge is -2.24. The van der Waals surface area contributed by atoms with Gasteiger partial charge in [0.25, 0.3) is 0 Å². The van der Waals surface area contributed by atoms with Crippen molar-refractivity contribution in [2.24, 2.45) is 0 Å². The van der Waals surface area contributed by atoms with Crippen LogP contribution in [-0.4, -0.2) is 38.0 Å². The Labute approximate surface area is 216 Å². The van der Waals surface area contributed by atoms with Crippen molar-refractivity contribution in [3.8, 4) is 23.0 Å². The molecule has 0 spiro atoms. The van der Waals surface area contributed by atoms with Crippen LogP contribution in [-0.2, 0) is 0 Å². The molecule has 0 N–H and O–H groups in total. The van der Waals surface area contributed by atoms with E-state index in [1.54, 1.807) is 111 Å². The Morgan fingerprint density at radius 3 is 1.16 bits per heavy atom. The number of hydrogen-bond donors (Lipinski definition) is 0. The maximum absolute atomic E-state index is 13.6. The number of ketones is 2. The molecule has 4 aromatic rings. The minimum atomic E-state index is -0.980. The van der Waals surface area contributed by atoms with Crippen LogP contribution in [0, 0.1) is 0 Å². The fourth-order valence-electron chi connectivity index (χ4n) is 3.83. The molecule has 0 aliphatic heterocycles. The summed E-state index contributed by atoms with van der Waals surface area (Å²) in [6.45, 7) is 0. The van der Waals surface area contributed by atoms with Gasteiger partial charge in [-0.2, -0.15) is 0 Å². The molecular formula is C31H28O6. The summed E-state index contributed by atoms with van der Waals surface area (Å²) < 4.78 is 22.8. The molecule has 188 valence electrons. The van der Waals surface area contributed by atoms with Crippen LogP contribution in [0.1, 0.15) is 27.1 Å². The van der Waals surface area contributed by atoms with Crippen LogP contribution in [0.3, 0.4) is 0 Å². The van der Waals surface area contributed by atoms with E-state index >= 15 is 0 Å². The highest BCUT2D eigenvalue weighted by atomic mass is 16.5. The van der Waals surface area contributed by atoms with Crippen molar-refractivity contribution in [1.82, 2.24) is 0 Å². The van der Waals surface area contributed by atoms with Crippen molar-refractivity contribution < 1.29 is 28.5 Å². The van der Waals surface area contributed by atoms with Crippen LogP contribution in [0.4, 0.5) is 0 Å². The van der Waals surface area contributed by atoms with Crippen molar-refractivity contribution in [3.05, 3.63) is 120 Å². The number of methoxy groups -OCH3 is 2. The van der Waals surface area contributed by atoms with E-state index in [0.29, 0.717) is 34.1 Å². The Hall–Kier alpha value is -4.58. The second-order valence-electron chi connectivity index (χ2n) is 8.26. The van der Waals surface area contributed by atoms with Crippen molar-refractivity contribution in [3.63, 3.8) is 0 Å². The van der Waals surface area contributed by atoms with E-state index in [0.717, 1.165) is 0 Å². The van der Waals surface area contributed by atoms with Gasteiger partial charge in [0.2, 0.25) is 11.6 Å². The fourth-order valence-corrected chi connectivity index (χ4v) is 3.83. The predicted molar refractivity (Wildman–Crippen MR) is 141 cm³/mol. The lowest BCUT2D eigenvalue weighted by molar-refractivity contribution is 0.0588. The molecule has 0 amide bonds. The number of rotatable bonds is 12. The topological polar surface area (TPSA) is 71.1 Å². The van der Waals surface area contributed by atoms with Gasteiger partial charge >= 0.3 is 0 Å². The number of hydrogen-bond acceptors (Lipinski definition) is 6. The van der Waals surface area contributed by atoms with E-state index in [-0.39, 0.29) is 18.0 Å². The molecule has 6 nitrogen and oxygen atoms in total. The molecule has 0 heterocycles. The van der Waals surface area contributed by atoms with E-state index in [4.69, 9.17) is 18.9 Å². The summed E-state index contributed by atoms with van der Waals surface area (Å²) in [6.07, 6.45) is -1.96. The zero-order valence-electron chi connectivity index (χ0n) is 20.7. The first-order valence-electron chi connectivity index (χ1n) is 11.9. The van der Waals surface area contributed by atoms with Gasteiger partial charge in [-0.15, -0.1) is 0 Å². The third-order valence-corrected chi connectivity index (χ3v) is 5.81. The van der Waals surface area contributed by atoms with E-state index in [1.165, 1.54) is 0 Å². The lowest BCUT2D eigenvalue weighted by Crippen LogP contribution is -2.38. The second kappa shape index (κ2) is 12.4. The average molecular weight is 497 g/mol. The molecule has 4 rings (SSSR count). The molecule has 2 atom stereocenters. The first kappa shape index (κ1) is 25.5. The molecule has 0 aliphatic rings. The Kier molecular flexibility index (Phi) is 8.55. The Morgan fingerprint density at radius 1 is 0.514 bits per heavy atom. The number of Topliss-reactive ketones (excluding diaryl/α,β-unsaturated/α-hetero) is 2. The minimum absolute atomic E-state index is 0.000482. The molecule has 0 bridgehead atoms. The van der Waals surface area contributed by atoms with Gasteiger partial charge in [-0.1, -0.05) is 60.7 Å². The third kappa shape index (κ3) is 6.76. The summed E-state index contributed by atoms with van der Waals surface area (Å²) in [5.74, 6) is 1.79. The summed E-state index contributed by atoms with van der Waals surface area (Å²) in [5, 5.41) is 0. The van der Waals surface area contributed by atoms with Crippen molar-refractivity contribution >= 4 is 11.6 Å². The van der Waals surface area contributed by atoms with Gasteiger partial charge in [0.1, 0.15) is 23.0 Å². The van der Waals surface area contributed by atoms with E-state index in [2.05, 4.69) is 0 Å². The summed E-state index contributed by atoms with van der Waals surface area (Å²) in [7, 11) is 3.15. The van der Waals surface area contributed by atoms with E-state index in [1.807, 2.05) is 12.1 Å². The molecule has 0 unspecified atom stereocenters. The highest BCUT2D eigenvalue weighted by Gasteiger charge is 2.32. The summed E-state index contributed by atoms with van der Waals surface area (Å²) >= 11 is 0. The van der Waals surface area contributed by atoms with Crippen molar-refractivity contribution in [1.29, 1.82) is 0 Å². The quantitative estimate of drug-likeness (QED) is 0.222. The Balaban J connectivity index is 1.66. The first-order valence-corrected chi connectivity index (χ1v) is 11.9. The van der Waals surface area contributed by atoms with Gasteiger partial charge in [0.15, 0.2) is 12.2 Å². The maximum Gasteiger partial charge on any atom is 0.203 e. The smallest absolute Gasteiger partial charge is 0.203 e.